The van der Waals surface area contributed by atoms with Crippen LogP contribution in [0, 0.1) is 0 Å². The standard InChI is InChI=1S/C20H17BrF3N3O2/c1-2-29-16(28)10-27-19-17(18(26-27)12-3-4-12)14(20(22,23)24)9-15(25-19)11-5-7-13(21)8-6-11/h5-9,12H,2-4,10H2,1H3. The van der Waals surface area contributed by atoms with Crippen molar-refractivity contribution in [1.29, 1.82) is 0 Å². The van der Waals surface area contributed by atoms with Crippen molar-refractivity contribution in [1.82, 2.24) is 14.8 Å². The van der Waals surface area contributed by atoms with Crippen molar-refractivity contribution in [3.63, 3.8) is 0 Å². The number of nitrogens with zero attached hydrogens (tertiary/aromatic N) is 3. The number of hydrogen-bond acceptors (Lipinski definition) is 4. The predicted octanol–water partition coefficient (Wildman–Crippen LogP) is 5.32. The molecule has 0 radical (unpaired) electrons. The molecule has 9 heteroatoms. The molecule has 152 valence electrons. The van der Waals surface area contributed by atoms with E-state index < -0.39 is 17.7 Å². The van der Waals surface area contributed by atoms with E-state index in [0.717, 1.165) is 23.4 Å². The highest BCUT2D eigenvalue weighted by Crippen LogP contribution is 2.46. The molecule has 0 aliphatic heterocycles. The minimum absolute atomic E-state index is 0.0230. The van der Waals surface area contributed by atoms with E-state index in [9.17, 15) is 18.0 Å². The molecule has 0 atom stereocenters. The average Bonchev–Trinajstić information content (AvgIpc) is 3.44. The van der Waals surface area contributed by atoms with Crippen molar-refractivity contribution in [3.8, 4) is 11.3 Å². The number of esters is 1. The summed E-state index contributed by atoms with van der Waals surface area (Å²) in [6.07, 6.45) is -3.03. The molecule has 29 heavy (non-hydrogen) atoms. The Balaban J connectivity index is 1.95. The monoisotopic (exact) mass is 467 g/mol. The Labute approximate surface area is 173 Å². The molecule has 1 fully saturated rings. The van der Waals surface area contributed by atoms with Gasteiger partial charge in [-0.25, -0.2) is 9.67 Å². The number of ether oxygens (including phenoxy) is 1. The van der Waals surface area contributed by atoms with Crippen LogP contribution in [0.3, 0.4) is 0 Å². The summed E-state index contributed by atoms with van der Waals surface area (Å²) in [6.45, 7) is 1.56. The smallest absolute Gasteiger partial charge is 0.417 e. The predicted molar refractivity (Wildman–Crippen MR) is 104 cm³/mol. The van der Waals surface area contributed by atoms with Gasteiger partial charge >= 0.3 is 12.1 Å². The second-order valence-corrected chi connectivity index (χ2v) is 7.80. The van der Waals surface area contributed by atoms with E-state index in [2.05, 4.69) is 26.0 Å². The number of benzene rings is 1. The van der Waals surface area contributed by atoms with Crippen LogP contribution in [0.25, 0.3) is 22.3 Å². The van der Waals surface area contributed by atoms with Crippen LogP contribution in [0.5, 0.6) is 0 Å². The van der Waals surface area contributed by atoms with E-state index in [0.29, 0.717) is 11.3 Å². The Morgan fingerprint density at radius 1 is 1.28 bits per heavy atom. The van der Waals surface area contributed by atoms with Gasteiger partial charge in [0.15, 0.2) is 5.65 Å². The maximum Gasteiger partial charge on any atom is 0.417 e. The zero-order chi connectivity index (χ0) is 20.8. The number of carbonyl (C=O) groups excluding carboxylic acids is 1. The van der Waals surface area contributed by atoms with E-state index in [4.69, 9.17) is 4.74 Å². The van der Waals surface area contributed by atoms with Gasteiger partial charge in [-0.3, -0.25) is 4.79 Å². The van der Waals surface area contributed by atoms with Crippen LogP contribution in [-0.4, -0.2) is 27.3 Å². The molecule has 1 aliphatic carbocycles. The number of hydrogen-bond donors (Lipinski definition) is 0. The molecule has 4 rings (SSSR count). The minimum atomic E-state index is -4.58. The SMILES string of the molecule is CCOC(=O)Cn1nc(C2CC2)c2c(C(F)(F)F)cc(-c3ccc(Br)cc3)nc21. The summed E-state index contributed by atoms with van der Waals surface area (Å²) in [5.41, 5.74) is 0.332. The van der Waals surface area contributed by atoms with Crippen molar-refractivity contribution in [2.24, 2.45) is 0 Å². The lowest BCUT2D eigenvalue weighted by Crippen LogP contribution is -2.15. The van der Waals surface area contributed by atoms with Gasteiger partial charge in [0.25, 0.3) is 0 Å². The second kappa shape index (κ2) is 7.44. The summed E-state index contributed by atoms with van der Waals surface area (Å²) in [5.74, 6) is -0.606. The zero-order valence-electron chi connectivity index (χ0n) is 15.5. The normalized spacial score (nSPS) is 14.4. The largest absolute Gasteiger partial charge is 0.465 e. The lowest BCUT2D eigenvalue weighted by Gasteiger charge is -2.12. The lowest BCUT2D eigenvalue weighted by molar-refractivity contribution is -0.144. The first-order chi connectivity index (χ1) is 13.8. The van der Waals surface area contributed by atoms with Crippen molar-refractivity contribution < 1.29 is 22.7 Å². The van der Waals surface area contributed by atoms with E-state index in [1.807, 2.05) is 0 Å². The third kappa shape index (κ3) is 4.01. The van der Waals surface area contributed by atoms with Gasteiger partial charge in [0.2, 0.25) is 0 Å². The van der Waals surface area contributed by atoms with E-state index in [-0.39, 0.29) is 35.8 Å². The molecule has 1 aromatic carbocycles. The third-order valence-corrected chi connectivity index (χ3v) is 5.25. The Morgan fingerprint density at radius 3 is 2.55 bits per heavy atom. The molecular formula is C20H17BrF3N3O2. The van der Waals surface area contributed by atoms with Crippen LogP contribution < -0.4 is 0 Å². The van der Waals surface area contributed by atoms with Crippen molar-refractivity contribution in [2.75, 3.05) is 6.61 Å². The first-order valence-corrected chi connectivity index (χ1v) is 9.97. The quantitative estimate of drug-likeness (QED) is 0.476. The van der Waals surface area contributed by atoms with Crippen LogP contribution in [0.1, 0.15) is 36.9 Å². The average molecular weight is 468 g/mol. The summed E-state index contributed by atoms with van der Waals surface area (Å²) >= 11 is 3.32. The van der Waals surface area contributed by atoms with Crippen molar-refractivity contribution in [3.05, 3.63) is 46.1 Å². The molecule has 0 bridgehead atoms. The molecule has 2 heterocycles. The topological polar surface area (TPSA) is 57.0 Å². The van der Waals surface area contributed by atoms with Crippen LogP contribution in [0.2, 0.25) is 0 Å². The van der Waals surface area contributed by atoms with Gasteiger partial charge < -0.3 is 4.74 Å². The Kier molecular flexibility index (Phi) is 5.10. The molecule has 0 amide bonds. The number of carbonyl (C=O) groups is 1. The summed E-state index contributed by atoms with van der Waals surface area (Å²) in [5, 5.41) is 4.32. The van der Waals surface area contributed by atoms with E-state index in [1.165, 1.54) is 4.68 Å². The molecule has 0 spiro atoms. The van der Waals surface area contributed by atoms with Gasteiger partial charge in [-0.1, -0.05) is 28.1 Å². The van der Waals surface area contributed by atoms with Gasteiger partial charge in [-0.2, -0.15) is 18.3 Å². The lowest BCUT2D eigenvalue weighted by atomic mass is 10.0. The number of fused-ring (bicyclic) bond motifs is 1. The first kappa shape index (κ1) is 19.9. The Bertz CT molecular complexity index is 1070. The molecule has 5 nitrogen and oxygen atoms in total. The molecule has 1 aliphatic rings. The molecular weight excluding hydrogens is 451 g/mol. The minimum Gasteiger partial charge on any atom is -0.465 e. The van der Waals surface area contributed by atoms with Crippen molar-refractivity contribution >= 4 is 32.9 Å². The van der Waals surface area contributed by atoms with Gasteiger partial charge in [0, 0.05) is 16.0 Å². The summed E-state index contributed by atoms with van der Waals surface area (Å²) in [6, 6.07) is 7.91. The molecule has 3 aromatic rings. The summed E-state index contributed by atoms with van der Waals surface area (Å²) < 4.78 is 48.9. The molecule has 0 unspecified atom stereocenters. The number of alkyl halides is 3. The van der Waals surface area contributed by atoms with E-state index in [1.54, 1.807) is 31.2 Å². The van der Waals surface area contributed by atoms with Crippen LogP contribution in [0.15, 0.2) is 34.8 Å². The van der Waals surface area contributed by atoms with Gasteiger partial charge in [-0.15, -0.1) is 0 Å². The zero-order valence-corrected chi connectivity index (χ0v) is 17.0. The number of pyridine rings is 1. The fraction of sp³-hybridized carbons (Fsp3) is 0.350. The first-order valence-electron chi connectivity index (χ1n) is 9.18. The molecule has 1 saturated carbocycles. The van der Waals surface area contributed by atoms with Gasteiger partial charge in [-0.05, 0) is 38.0 Å². The molecule has 0 N–H and O–H groups in total. The summed E-state index contributed by atoms with van der Waals surface area (Å²) in [4.78, 5) is 16.5. The van der Waals surface area contributed by atoms with Crippen molar-refractivity contribution in [2.45, 2.75) is 38.4 Å². The summed E-state index contributed by atoms with van der Waals surface area (Å²) in [7, 11) is 0. The fourth-order valence-corrected chi connectivity index (χ4v) is 3.54. The second-order valence-electron chi connectivity index (χ2n) is 6.88. The maximum absolute atomic E-state index is 14.0. The van der Waals surface area contributed by atoms with Gasteiger partial charge in [0.1, 0.15) is 6.54 Å². The van der Waals surface area contributed by atoms with Gasteiger partial charge in [0.05, 0.1) is 28.9 Å². The van der Waals surface area contributed by atoms with Crippen LogP contribution in [0.4, 0.5) is 13.2 Å². The number of aromatic nitrogens is 3. The third-order valence-electron chi connectivity index (χ3n) is 4.72. The maximum atomic E-state index is 14.0. The fourth-order valence-electron chi connectivity index (χ4n) is 3.27. The van der Waals surface area contributed by atoms with Crippen LogP contribution in [-0.2, 0) is 22.3 Å². The highest BCUT2D eigenvalue weighted by atomic mass is 79.9. The molecule has 2 aromatic heterocycles. The number of rotatable bonds is 5. The number of halogens is 4. The Morgan fingerprint density at radius 2 is 1.97 bits per heavy atom. The van der Waals surface area contributed by atoms with Crippen LogP contribution >= 0.6 is 15.9 Å². The molecule has 0 saturated heterocycles. The highest BCUT2D eigenvalue weighted by Gasteiger charge is 2.39. The highest BCUT2D eigenvalue weighted by molar-refractivity contribution is 9.10. The van der Waals surface area contributed by atoms with E-state index >= 15 is 0 Å². The Hall–Kier alpha value is -2.42.